The van der Waals surface area contributed by atoms with Crippen molar-refractivity contribution in [2.24, 2.45) is 0 Å². The first-order valence-corrected chi connectivity index (χ1v) is 9.16. The molecular weight excluding hydrogens is 409 g/mol. The Bertz CT molecular complexity index is 986. The number of aromatic nitrogens is 1. The van der Waals surface area contributed by atoms with Crippen LogP contribution in [0.1, 0.15) is 27.4 Å². The van der Waals surface area contributed by atoms with Gasteiger partial charge in [-0.2, -0.15) is 13.2 Å². The molecule has 0 unspecified atom stereocenters. The van der Waals surface area contributed by atoms with Crippen LogP contribution in [0.15, 0.2) is 52.5 Å². The summed E-state index contributed by atoms with van der Waals surface area (Å²) in [5.41, 5.74) is -0.0296. The van der Waals surface area contributed by atoms with Gasteiger partial charge in [0.05, 0.1) is 12.8 Å². The fraction of sp³-hybridized carbons (Fsp3) is 0.167. The fourth-order valence-corrected chi connectivity index (χ4v) is 3.00. The molecule has 3 amide bonds. The zero-order valence-corrected chi connectivity index (χ0v) is 15.6. The Morgan fingerprint density at radius 3 is 2.62 bits per heavy atom. The molecule has 3 aromatic rings. The Balaban J connectivity index is 1.51. The minimum absolute atomic E-state index is 0.0721. The largest absolute Gasteiger partial charge is 0.467 e. The SMILES string of the molecule is O=C(NCc1cccc(C(=O)NCc2ccco2)c1)Nc1nc(C(F)(F)F)cs1. The van der Waals surface area contributed by atoms with E-state index in [0.29, 0.717) is 28.2 Å². The number of nitrogens with one attached hydrogen (secondary N) is 3. The van der Waals surface area contributed by atoms with E-state index in [-0.39, 0.29) is 24.1 Å². The van der Waals surface area contributed by atoms with Gasteiger partial charge in [-0.25, -0.2) is 9.78 Å². The summed E-state index contributed by atoms with van der Waals surface area (Å²) in [6.45, 7) is 0.313. The second-order valence-electron chi connectivity index (χ2n) is 5.81. The van der Waals surface area contributed by atoms with E-state index < -0.39 is 17.9 Å². The van der Waals surface area contributed by atoms with Gasteiger partial charge in [-0.3, -0.25) is 10.1 Å². The Hall–Kier alpha value is -3.34. The van der Waals surface area contributed by atoms with Crippen molar-refractivity contribution in [1.82, 2.24) is 15.6 Å². The van der Waals surface area contributed by atoms with E-state index in [2.05, 4.69) is 20.9 Å². The lowest BCUT2D eigenvalue weighted by molar-refractivity contribution is -0.140. The van der Waals surface area contributed by atoms with Crippen LogP contribution < -0.4 is 16.0 Å². The summed E-state index contributed by atoms with van der Waals surface area (Å²) in [6.07, 6.45) is -3.06. The number of alkyl halides is 3. The van der Waals surface area contributed by atoms with Crippen molar-refractivity contribution in [3.63, 3.8) is 0 Å². The molecule has 0 spiro atoms. The third kappa shape index (κ3) is 5.82. The summed E-state index contributed by atoms with van der Waals surface area (Å²) >= 11 is 0.673. The molecular formula is C18H15F3N4O3S. The lowest BCUT2D eigenvalue weighted by Crippen LogP contribution is -2.28. The monoisotopic (exact) mass is 424 g/mol. The number of thiazole rings is 1. The van der Waals surface area contributed by atoms with Crippen LogP contribution in [0.3, 0.4) is 0 Å². The third-order valence-electron chi connectivity index (χ3n) is 3.66. The minimum Gasteiger partial charge on any atom is -0.467 e. The first-order chi connectivity index (χ1) is 13.8. The average Bonchev–Trinajstić information content (AvgIpc) is 3.36. The second kappa shape index (κ2) is 8.78. The van der Waals surface area contributed by atoms with Gasteiger partial charge in [0.2, 0.25) is 0 Å². The Morgan fingerprint density at radius 1 is 1.10 bits per heavy atom. The Labute approximate surface area is 166 Å². The highest BCUT2D eigenvalue weighted by Gasteiger charge is 2.33. The average molecular weight is 424 g/mol. The number of nitrogens with zero attached hydrogens (tertiary/aromatic N) is 1. The van der Waals surface area contributed by atoms with Crippen LogP contribution in [0.5, 0.6) is 0 Å². The molecule has 2 heterocycles. The number of amides is 3. The van der Waals surface area contributed by atoms with Crippen molar-refractivity contribution < 1.29 is 27.2 Å². The van der Waals surface area contributed by atoms with Gasteiger partial charge in [0.15, 0.2) is 10.8 Å². The minimum atomic E-state index is -4.56. The number of hydrogen-bond donors (Lipinski definition) is 3. The van der Waals surface area contributed by atoms with Gasteiger partial charge >= 0.3 is 12.2 Å². The first-order valence-electron chi connectivity index (χ1n) is 8.28. The molecule has 1 aromatic carbocycles. The Morgan fingerprint density at radius 2 is 1.93 bits per heavy atom. The van der Waals surface area contributed by atoms with Gasteiger partial charge in [0.1, 0.15) is 5.76 Å². The number of anilines is 1. The molecule has 0 aliphatic heterocycles. The van der Waals surface area contributed by atoms with Crippen molar-refractivity contribution >= 4 is 28.4 Å². The molecule has 152 valence electrons. The third-order valence-corrected chi connectivity index (χ3v) is 4.42. The molecule has 0 saturated heterocycles. The van der Waals surface area contributed by atoms with Crippen LogP contribution in [0.2, 0.25) is 0 Å². The summed E-state index contributed by atoms with van der Waals surface area (Å²) in [7, 11) is 0. The van der Waals surface area contributed by atoms with Crippen molar-refractivity contribution in [1.29, 1.82) is 0 Å². The van der Waals surface area contributed by atoms with Crippen LogP contribution >= 0.6 is 11.3 Å². The number of halogens is 3. The van der Waals surface area contributed by atoms with E-state index in [1.807, 2.05) is 0 Å². The molecule has 2 aromatic heterocycles. The molecule has 3 rings (SSSR count). The maximum atomic E-state index is 12.5. The highest BCUT2D eigenvalue weighted by molar-refractivity contribution is 7.13. The van der Waals surface area contributed by atoms with E-state index in [1.54, 1.807) is 36.4 Å². The smallest absolute Gasteiger partial charge is 0.434 e. The fourth-order valence-electron chi connectivity index (χ4n) is 2.29. The van der Waals surface area contributed by atoms with Crippen molar-refractivity contribution in [3.05, 3.63) is 70.6 Å². The number of rotatable bonds is 6. The van der Waals surface area contributed by atoms with Crippen molar-refractivity contribution in [3.8, 4) is 0 Å². The molecule has 0 atom stereocenters. The molecule has 0 fully saturated rings. The number of carbonyl (C=O) groups excluding carboxylic acids is 2. The summed E-state index contributed by atoms with van der Waals surface area (Å²) in [4.78, 5) is 27.4. The lowest BCUT2D eigenvalue weighted by Gasteiger charge is -2.08. The highest BCUT2D eigenvalue weighted by atomic mass is 32.1. The van der Waals surface area contributed by atoms with Crippen molar-refractivity contribution in [2.45, 2.75) is 19.3 Å². The number of furan rings is 1. The molecule has 0 aliphatic rings. The van der Waals surface area contributed by atoms with Crippen LogP contribution in [-0.4, -0.2) is 16.9 Å². The highest BCUT2D eigenvalue weighted by Crippen LogP contribution is 2.31. The predicted molar refractivity (Wildman–Crippen MR) is 99.3 cm³/mol. The topological polar surface area (TPSA) is 96.3 Å². The lowest BCUT2D eigenvalue weighted by atomic mass is 10.1. The molecule has 0 aliphatic carbocycles. The molecule has 0 bridgehead atoms. The van der Waals surface area contributed by atoms with Gasteiger partial charge in [0.25, 0.3) is 5.91 Å². The van der Waals surface area contributed by atoms with E-state index >= 15 is 0 Å². The van der Waals surface area contributed by atoms with Gasteiger partial charge in [-0.15, -0.1) is 11.3 Å². The van der Waals surface area contributed by atoms with Crippen LogP contribution in [0.25, 0.3) is 0 Å². The van der Waals surface area contributed by atoms with Gasteiger partial charge in [-0.1, -0.05) is 12.1 Å². The first kappa shape index (κ1) is 20.4. The van der Waals surface area contributed by atoms with Crippen LogP contribution in [0, 0.1) is 0 Å². The molecule has 7 nitrogen and oxygen atoms in total. The summed E-state index contributed by atoms with van der Waals surface area (Å²) in [5.74, 6) is 0.305. The predicted octanol–water partition coefficient (Wildman–Crippen LogP) is 4.01. The molecule has 3 N–H and O–H groups in total. The zero-order chi connectivity index (χ0) is 20.9. The molecule has 29 heavy (non-hydrogen) atoms. The normalized spacial score (nSPS) is 11.1. The van der Waals surface area contributed by atoms with E-state index in [4.69, 9.17) is 4.42 Å². The van der Waals surface area contributed by atoms with Gasteiger partial charge in [0, 0.05) is 17.5 Å². The second-order valence-corrected chi connectivity index (χ2v) is 6.66. The quantitative estimate of drug-likeness (QED) is 0.557. The molecule has 11 heteroatoms. The maximum absolute atomic E-state index is 12.5. The summed E-state index contributed by atoms with van der Waals surface area (Å²) in [6, 6.07) is 9.33. The molecule has 0 saturated carbocycles. The maximum Gasteiger partial charge on any atom is 0.434 e. The Kier molecular flexibility index (Phi) is 6.17. The van der Waals surface area contributed by atoms with Crippen molar-refractivity contribution in [2.75, 3.05) is 5.32 Å². The summed E-state index contributed by atoms with van der Waals surface area (Å²) in [5, 5.41) is 8.11. The number of hydrogen-bond acceptors (Lipinski definition) is 5. The van der Waals surface area contributed by atoms with E-state index in [9.17, 15) is 22.8 Å². The number of carbonyl (C=O) groups is 2. The van der Waals surface area contributed by atoms with Gasteiger partial charge in [-0.05, 0) is 29.8 Å². The number of benzene rings is 1. The van der Waals surface area contributed by atoms with Gasteiger partial charge < -0.3 is 15.1 Å². The number of urea groups is 1. The van der Waals surface area contributed by atoms with Crippen LogP contribution in [-0.2, 0) is 19.3 Å². The molecule has 0 radical (unpaired) electrons. The standard InChI is InChI=1S/C18H15F3N4O3S/c19-18(20,21)14-10-29-17(24-14)25-16(27)23-8-11-3-1-4-12(7-11)15(26)22-9-13-5-2-6-28-13/h1-7,10H,8-9H2,(H,22,26)(H2,23,24,25,27). The summed E-state index contributed by atoms with van der Waals surface area (Å²) < 4.78 is 42.7. The van der Waals surface area contributed by atoms with E-state index in [1.165, 1.54) is 6.26 Å². The van der Waals surface area contributed by atoms with E-state index in [0.717, 1.165) is 5.38 Å². The zero-order valence-electron chi connectivity index (χ0n) is 14.7. The van der Waals surface area contributed by atoms with Crippen LogP contribution in [0.4, 0.5) is 23.1 Å².